The first kappa shape index (κ1) is 14.4. The van der Waals surface area contributed by atoms with Crippen molar-refractivity contribution in [3.63, 3.8) is 0 Å². The lowest BCUT2D eigenvalue weighted by Gasteiger charge is -2.06. The van der Waals surface area contributed by atoms with Gasteiger partial charge >= 0.3 is 0 Å². The molecule has 8 heteroatoms. The lowest BCUT2D eigenvalue weighted by atomic mass is 10.1. The molecule has 7 nitrogen and oxygen atoms in total. The second-order valence-electron chi connectivity index (χ2n) is 5.91. The number of aromatic nitrogens is 4. The van der Waals surface area contributed by atoms with E-state index in [2.05, 4.69) is 25.6 Å². The largest absolute Gasteiger partial charge is 0.371 e. The van der Waals surface area contributed by atoms with Crippen molar-refractivity contribution in [2.45, 2.75) is 25.7 Å². The topological polar surface area (TPSA) is 84.7 Å². The van der Waals surface area contributed by atoms with Crippen LogP contribution < -0.4 is 10.6 Å². The van der Waals surface area contributed by atoms with Crippen molar-refractivity contribution in [2.75, 3.05) is 17.7 Å². The molecule has 0 bridgehead atoms. The highest BCUT2D eigenvalue weighted by molar-refractivity contribution is 7.22. The van der Waals surface area contributed by atoms with Crippen molar-refractivity contribution in [1.29, 1.82) is 0 Å². The number of carbonyl (C=O) groups excluding carboxylic acids is 1. The molecule has 1 amide bonds. The minimum absolute atomic E-state index is 0.0802. The summed E-state index contributed by atoms with van der Waals surface area (Å²) in [4.78, 5) is 26.7. The molecule has 3 aromatic rings. The van der Waals surface area contributed by atoms with E-state index in [1.54, 1.807) is 6.33 Å². The molecular formula is C15H18N6OS. The molecule has 0 radical (unpaired) electrons. The number of aryl methyl sites for hydroxylation is 1. The number of imidazole rings is 1. The molecule has 0 atom stereocenters. The van der Waals surface area contributed by atoms with Crippen LogP contribution in [0.15, 0.2) is 6.33 Å². The summed E-state index contributed by atoms with van der Waals surface area (Å²) in [6.45, 7) is 0. The van der Waals surface area contributed by atoms with Crippen LogP contribution in [0, 0.1) is 5.92 Å². The first-order valence-electron chi connectivity index (χ1n) is 7.77. The van der Waals surface area contributed by atoms with Crippen LogP contribution in [0.2, 0.25) is 0 Å². The second kappa shape index (κ2) is 5.45. The molecule has 0 aliphatic heterocycles. The Hall–Kier alpha value is -2.22. The normalized spacial score (nSPS) is 15.6. The van der Waals surface area contributed by atoms with Crippen LogP contribution in [0.4, 0.5) is 10.9 Å². The third kappa shape index (κ3) is 2.33. The molecule has 4 rings (SSSR count). The number of nitrogens with zero attached hydrogens (tertiary/aromatic N) is 4. The van der Waals surface area contributed by atoms with Gasteiger partial charge in [0.05, 0.1) is 6.33 Å². The van der Waals surface area contributed by atoms with Gasteiger partial charge in [-0.1, -0.05) is 24.2 Å². The van der Waals surface area contributed by atoms with E-state index in [0.717, 1.165) is 52.9 Å². The summed E-state index contributed by atoms with van der Waals surface area (Å²) < 4.78 is 1.93. The third-order valence-corrected chi connectivity index (χ3v) is 5.27. The van der Waals surface area contributed by atoms with Crippen molar-refractivity contribution >= 4 is 49.6 Å². The second-order valence-corrected chi connectivity index (χ2v) is 6.88. The zero-order chi connectivity index (χ0) is 16.0. The van der Waals surface area contributed by atoms with Crippen LogP contribution in [0.25, 0.3) is 21.4 Å². The highest BCUT2D eigenvalue weighted by Crippen LogP contribution is 2.34. The number of hydrogen-bond donors (Lipinski definition) is 2. The molecule has 1 aliphatic rings. The Morgan fingerprint density at radius 2 is 2.09 bits per heavy atom. The fourth-order valence-electron chi connectivity index (χ4n) is 3.20. The average molecular weight is 330 g/mol. The standard InChI is InChI=1S/C15H18N6OS/c1-16-12-9-11(21(2)7-17-9)10-14(19-12)23-15(18-10)20-13(22)8-5-3-4-6-8/h7-8H,3-6H2,1-2H3,(H,16,19)(H,18,20,22). The average Bonchev–Trinajstić information content (AvgIpc) is 3.25. The summed E-state index contributed by atoms with van der Waals surface area (Å²) >= 11 is 1.41. The molecule has 0 unspecified atom stereocenters. The zero-order valence-corrected chi connectivity index (χ0v) is 13.9. The minimum atomic E-state index is 0.0802. The number of rotatable bonds is 3. The fraction of sp³-hybridized carbons (Fsp3) is 0.467. The Balaban J connectivity index is 1.76. The van der Waals surface area contributed by atoms with Crippen molar-refractivity contribution in [1.82, 2.24) is 19.5 Å². The highest BCUT2D eigenvalue weighted by Gasteiger charge is 2.24. The molecule has 2 N–H and O–H groups in total. The maximum absolute atomic E-state index is 12.3. The van der Waals surface area contributed by atoms with E-state index < -0.39 is 0 Å². The highest BCUT2D eigenvalue weighted by atomic mass is 32.1. The molecular weight excluding hydrogens is 312 g/mol. The minimum Gasteiger partial charge on any atom is -0.371 e. The van der Waals surface area contributed by atoms with E-state index in [1.165, 1.54) is 11.3 Å². The van der Waals surface area contributed by atoms with E-state index in [9.17, 15) is 4.79 Å². The van der Waals surface area contributed by atoms with Gasteiger partial charge in [0.2, 0.25) is 5.91 Å². The van der Waals surface area contributed by atoms with Gasteiger partial charge in [0, 0.05) is 20.0 Å². The molecule has 23 heavy (non-hydrogen) atoms. The zero-order valence-electron chi connectivity index (χ0n) is 13.1. The summed E-state index contributed by atoms with van der Waals surface area (Å²) in [5.74, 6) is 0.932. The lowest BCUT2D eigenvalue weighted by Crippen LogP contribution is -2.20. The molecule has 0 aromatic carbocycles. The smallest absolute Gasteiger partial charge is 0.229 e. The first-order valence-corrected chi connectivity index (χ1v) is 8.59. The van der Waals surface area contributed by atoms with Gasteiger partial charge < -0.3 is 15.2 Å². The van der Waals surface area contributed by atoms with Crippen LogP contribution in [0.1, 0.15) is 25.7 Å². The van der Waals surface area contributed by atoms with Gasteiger partial charge in [0.15, 0.2) is 10.9 Å². The number of anilines is 2. The maximum atomic E-state index is 12.3. The summed E-state index contributed by atoms with van der Waals surface area (Å²) in [5.41, 5.74) is 2.50. The van der Waals surface area contributed by atoms with E-state index >= 15 is 0 Å². The number of fused-ring (bicyclic) bond motifs is 3. The summed E-state index contributed by atoms with van der Waals surface area (Å²) in [6.07, 6.45) is 5.99. The van der Waals surface area contributed by atoms with Crippen LogP contribution in [-0.4, -0.2) is 32.5 Å². The molecule has 1 fully saturated rings. The Morgan fingerprint density at radius 1 is 1.30 bits per heavy atom. The molecule has 0 spiro atoms. The number of hydrogen-bond acceptors (Lipinski definition) is 6. The van der Waals surface area contributed by atoms with Crippen LogP contribution in [0.5, 0.6) is 0 Å². The summed E-state index contributed by atoms with van der Waals surface area (Å²) in [6, 6.07) is 0. The quantitative estimate of drug-likeness (QED) is 0.771. The summed E-state index contributed by atoms with van der Waals surface area (Å²) in [5, 5.41) is 6.65. The number of pyridine rings is 1. The Kier molecular flexibility index (Phi) is 3.41. The van der Waals surface area contributed by atoms with E-state index in [1.807, 2.05) is 18.7 Å². The van der Waals surface area contributed by atoms with Crippen LogP contribution >= 0.6 is 11.3 Å². The van der Waals surface area contributed by atoms with Crippen molar-refractivity contribution < 1.29 is 4.79 Å². The van der Waals surface area contributed by atoms with Gasteiger partial charge in [-0.15, -0.1) is 0 Å². The number of nitrogens with one attached hydrogen (secondary N) is 2. The Bertz CT molecular complexity index is 892. The van der Waals surface area contributed by atoms with Gasteiger partial charge in [0.25, 0.3) is 0 Å². The Labute approximate surface area is 137 Å². The van der Waals surface area contributed by atoms with Gasteiger partial charge in [0.1, 0.15) is 21.4 Å². The van der Waals surface area contributed by atoms with Crippen molar-refractivity contribution in [2.24, 2.45) is 13.0 Å². The number of amides is 1. The van der Waals surface area contributed by atoms with Crippen LogP contribution in [0.3, 0.4) is 0 Å². The van der Waals surface area contributed by atoms with E-state index in [-0.39, 0.29) is 11.8 Å². The molecule has 120 valence electrons. The predicted octanol–water partition coefficient (Wildman–Crippen LogP) is 2.75. The SMILES string of the molecule is CNc1nc2sc(NC(=O)C3CCCC3)nc2c2c1ncn2C. The van der Waals surface area contributed by atoms with E-state index in [4.69, 9.17) is 0 Å². The van der Waals surface area contributed by atoms with Crippen molar-refractivity contribution in [3.05, 3.63) is 6.33 Å². The third-order valence-electron chi connectivity index (χ3n) is 4.40. The fourth-order valence-corrected chi connectivity index (χ4v) is 4.05. The number of carbonyl (C=O) groups is 1. The lowest BCUT2D eigenvalue weighted by molar-refractivity contribution is -0.119. The van der Waals surface area contributed by atoms with E-state index in [0.29, 0.717) is 5.13 Å². The van der Waals surface area contributed by atoms with Gasteiger partial charge in [-0.05, 0) is 12.8 Å². The van der Waals surface area contributed by atoms with Crippen molar-refractivity contribution in [3.8, 4) is 0 Å². The van der Waals surface area contributed by atoms with Crippen LogP contribution in [-0.2, 0) is 11.8 Å². The molecule has 0 saturated heterocycles. The molecule has 3 heterocycles. The van der Waals surface area contributed by atoms with Gasteiger partial charge in [-0.2, -0.15) is 0 Å². The maximum Gasteiger partial charge on any atom is 0.229 e. The van der Waals surface area contributed by atoms with Gasteiger partial charge in [-0.3, -0.25) is 4.79 Å². The monoisotopic (exact) mass is 330 g/mol. The predicted molar refractivity (Wildman–Crippen MR) is 91.8 cm³/mol. The number of thiazole rings is 1. The summed E-state index contributed by atoms with van der Waals surface area (Å²) in [7, 11) is 3.76. The molecule has 1 aliphatic carbocycles. The molecule has 3 aromatic heterocycles. The first-order chi connectivity index (χ1) is 11.2. The van der Waals surface area contributed by atoms with Gasteiger partial charge in [-0.25, -0.2) is 15.0 Å². The molecule has 1 saturated carbocycles. The Morgan fingerprint density at radius 3 is 2.83 bits per heavy atom.